The maximum atomic E-state index is 14.5. The molecular weight excluding hydrogens is 293 g/mol. The highest BCUT2D eigenvalue weighted by atomic mass is 19.1. The smallest absolute Gasteiger partial charge is 0.235 e. The summed E-state index contributed by atoms with van der Waals surface area (Å²) in [6.45, 7) is 2.12. The van der Waals surface area contributed by atoms with Crippen molar-refractivity contribution in [2.45, 2.75) is 38.3 Å². The molecule has 0 aliphatic heterocycles. The van der Waals surface area contributed by atoms with Crippen LogP contribution in [-0.2, 0) is 16.9 Å². The Labute approximate surface area is 134 Å². The molecule has 0 saturated heterocycles. The average molecular weight is 311 g/mol. The third-order valence-electron chi connectivity index (χ3n) is 4.43. The quantitative estimate of drug-likeness (QED) is 0.605. The number of hydrogen-bond donors (Lipinski definition) is 0. The largest absolute Gasteiger partial charge is 0.486 e. The predicted molar refractivity (Wildman–Crippen MR) is 85.6 cm³/mol. The molecule has 1 fully saturated rings. The molecule has 0 spiro atoms. The lowest BCUT2D eigenvalue weighted by Crippen LogP contribution is -2.32. The topological polar surface area (TPSA) is 38.7 Å². The summed E-state index contributed by atoms with van der Waals surface area (Å²) < 4.78 is 20.1. The Morgan fingerprint density at radius 1 is 1.26 bits per heavy atom. The van der Waals surface area contributed by atoms with Crippen LogP contribution in [0.25, 0.3) is 0 Å². The van der Waals surface area contributed by atoms with Crippen molar-refractivity contribution in [3.63, 3.8) is 0 Å². The Morgan fingerprint density at radius 3 is 2.57 bits per heavy atom. The standard InChI is InChI=1S/C19H18FNO2/c1-14-10-16(19(21-13-22)8-5-9-19)11-17(20)18(14)23-12-15-6-3-2-4-7-15/h2-4,6-7,10-11H,5,8-9,12H2,1H3. The van der Waals surface area contributed by atoms with Gasteiger partial charge in [-0.25, -0.2) is 9.18 Å². The highest BCUT2D eigenvalue weighted by Gasteiger charge is 2.39. The van der Waals surface area contributed by atoms with E-state index in [1.807, 2.05) is 43.3 Å². The zero-order valence-electron chi connectivity index (χ0n) is 13.0. The molecule has 0 amide bonds. The molecule has 0 heterocycles. The summed E-state index contributed by atoms with van der Waals surface area (Å²) in [6.07, 6.45) is 4.13. The molecule has 0 atom stereocenters. The second kappa shape index (κ2) is 6.35. The van der Waals surface area contributed by atoms with Gasteiger partial charge in [0.15, 0.2) is 11.6 Å². The van der Waals surface area contributed by atoms with Crippen LogP contribution in [0.5, 0.6) is 5.75 Å². The Hall–Kier alpha value is -2.45. The number of rotatable bonds is 5. The second-order valence-corrected chi connectivity index (χ2v) is 5.97. The molecule has 2 aromatic rings. The Balaban J connectivity index is 1.84. The number of isocyanates is 1. The van der Waals surface area contributed by atoms with Gasteiger partial charge in [0.1, 0.15) is 6.61 Å². The molecule has 0 N–H and O–H groups in total. The summed E-state index contributed by atoms with van der Waals surface area (Å²) in [6, 6.07) is 12.9. The highest BCUT2D eigenvalue weighted by Crippen LogP contribution is 2.46. The molecule has 1 aliphatic rings. The van der Waals surface area contributed by atoms with Crippen molar-refractivity contribution in [1.29, 1.82) is 0 Å². The fraction of sp³-hybridized carbons (Fsp3) is 0.316. The van der Waals surface area contributed by atoms with E-state index in [1.54, 1.807) is 6.08 Å². The summed E-state index contributed by atoms with van der Waals surface area (Å²) in [5.41, 5.74) is 1.83. The molecule has 4 heteroatoms. The van der Waals surface area contributed by atoms with Crippen molar-refractivity contribution in [2.24, 2.45) is 4.99 Å². The Bertz CT molecular complexity index is 724. The molecule has 1 saturated carbocycles. The van der Waals surface area contributed by atoms with Crippen molar-refractivity contribution < 1.29 is 13.9 Å². The molecule has 1 aliphatic carbocycles. The maximum absolute atomic E-state index is 14.5. The minimum Gasteiger partial charge on any atom is -0.486 e. The first kappa shape index (κ1) is 15.4. The van der Waals surface area contributed by atoms with Crippen LogP contribution < -0.4 is 4.74 Å². The molecule has 23 heavy (non-hydrogen) atoms. The van der Waals surface area contributed by atoms with E-state index in [1.165, 1.54) is 6.07 Å². The number of ether oxygens (including phenoxy) is 1. The summed E-state index contributed by atoms with van der Waals surface area (Å²) in [5.74, 6) is -0.162. The number of hydrogen-bond acceptors (Lipinski definition) is 3. The first-order valence-corrected chi connectivity index (χ1v) is 7.71. The van der Waals surface area contributed by atoms with Crippen LogP contribution in [0.3, 0.4) is 0 Å². The lowest BCUT2D eigenvalue weighted by molar-refractivity contribution is 0.252. The van der Waals surface area contributed by atoms with Crippen molar-refractivity contribution in [2.75, 3.05) is 0 Å². The normalized spacial score (nSPS) is 15.4. The summed E-state index contributed by atoms with van der Waals surface area (Å²) in [5, 5.41) is 0. The van der Waals surface area contributed by atoms with Crippen LogP contribution in [0.1, 0.15) is 36.0 Å². The molecule has 0 radical (unpaired) electrons. The van der Waals surface area contributed by atoms with Crippen LogP contribution >= 0.6 is 0 Å². The lowest BCUT2D eigenvalue weighted by atomic mass is 9.72. The van der Waals surface area contributed by atoms with E-state index < -0.39 is 11.4 Å². The number of carbonyl (C=O) groups excluding carboxylic acids is 1. The van der Waals surface area contributed by atoms with E-state index in [0.29, 0.717) is 12.2 Å². The van der Waals surface area contributed by atoms with Gasteiger partial charge in [0.25, 0.3) is 0 Å². The van der Waals surface area contributed by atoms with E-state index >= 15 is 0 Å². The lowest BCUT2D eigenvalue weighted by Gasteiger charge is -2.37. The van der Waals surface area contributed by atoms with Crippen molar-refractivity contribution in [3.05, 3.63) is 65.0 Å². The van der Waals surface area contributed by atoms with Gasteiger partial charge < -0.3 is 4.74 Å². The number of aliphatic imine (C=N–C) groups is 1. The van der Waals surface area contributed by atoms with E-state index in [0.717, 1.165) is 30.4 Å². The molecule has 118 valence electrons. The van der Waals surface area contributed by atoms with Crippen LogP contribution in [0, 0.1) is 12.7 Å². The molecular formula is C19H18FNO2. The van der Waals surface area contributed by atoms with Crippen LogP contribution in [0.2, 0.25) is 0 Å². The van der Waals surface area contributed by atoms with Gasteiger partial charge in [-0.1, -0.05) is 30.3 Å². The van der Waals surface area contributed by atoms with Gasteiger partial charge in [0.05, 0.1) is 5.54 Å². The van der Waals surface area contributed by atoms with Crippen LogP contribution in [-0.4, -0.2) is 6.08 Å². The van der Waals surface area contributed by atoms with E-state index in [2.05, 4.69) is 4.99 Å². The molecule has 0 aromatic heterocycles. The minimum absolute atomic E-state index is 0.252. The maximum Gasteiger partial charge on any atom is 0.235 e. The van der Waals surface area contributed by atoms with E-state index in [4.69, 9.17) is 4.74 Å². The number of benzene rings is 2. The minimum atomic E-state index is -0.592. The third kappa shape index (κ3) is 3.03. The molecule has 0 bridgehead atoms. The van der Waals surface area contributed by atoms with Crippen molar-refractivity contribution >= 4 is 6.08 Å². The van der Waals surface area contributed by atoms with Crippen molar-refractivity contribution in [1.82, 2.24) is 0 Å². The van der Waals surface area contributed by atoms with Gasteiger partial charge in [0, 0.05) is 0 Å². The number of aryl methyl sites for hydroxylation is 1. The first-order chi connectivity index (χ1) is 11.1. The Morgan fingerprint density at radius 2 is 2.00 bits per heavy atom. The number of nitrogens with zero attached hydrogens (tertiary/aromatic N) is 1. The summed E-state index contributed by atoms with van der Waals surface area (Å²) in [7, 11) is 0. The summed E-state index contributed by atoms with van der Waals surface area (Å²) in [4.78, 5) is 14.6. The second-order valence-electron chi connectivity index (χ2n) is 5.97. The average Bonchev–Trinajstić information content (AvgIpc) is 2.51. The third-order valence-corrected chi connectivity index (χ3v) is 4.43. The van der Waals surface area contributed by atoms with Crippen LogP contribution in [0.15, 0.2) is 47.5 Å². The summed E-state index contributed by atoms with van der Waals surface area (Å²) >= 11 is 0. The molecule has 3 rings (SSSR count). The highest BCUT2D eigenvalue weighted by molar-refractivity contribution is 5.44. The van der Waals surface area contributed by atoms with Gasteiger partial charge in [0.2, 0.25) is 6.08 Å². The van der Waals surface area contributed by atoms with Crippen molar-refractivity contribution in [3.8, 4) is 5.75 Å². The fourth-order valence-corrected chi connectivity index (χ4v) is 2.98. The molecule has 2 aromatic carbocycles. The fourth-order valence-electron chi connectivity index (χ4n) is 2.98. The Kier molecular flexibility index (Phi) is 4.26. The van der Waals surface area contributed by atoms with Gasteiger partial charge >= 0.3 is 0 Å². The van der Waals surface area contributed by atoms with E-state index in [9.17, 15) is 9.18 Å². The van der Waals surface area contributed by atoms with Gasteiger partial charge in [-0.3, -0.25) is 0 Å². The van der Waals surface area contributed by atoms with Gasteiger partial charge in [-0.15, -0.1) is 0 Å². The SMILES string of the molecule is Cc1cc(C2(N=C=O)CCC2)cc(F)c1OCc1ccccc1. The molecule has 0 unspecified atom stereocenters. The first-order valence-electron chi connectivity index (χ1n) is 7.71. The zero-order valence-corrected chi connectivity index (χ0v) is 13.0. The predicted octanol–water partition coefficient (Wildman–Crippen LogP) is 4.43. The van der Waals surface area contributed by atoms with Gasteiger partial charge in [-0.05, 0) is 55.0 Å². The van der Waals surface area contributed by atoms with Gasteiger partial charge in [-0.2, -0.15) is 4.99 Å². The van der Waals surface area contributed by atoms with E-state index in [-0.39, 0.29) is 5.75 Å². The zero-order chi connectivity index (χ0) is 16.3. The monoisotopic (exact) mass is 311 g/mol. The number of halogens is 1. The molecule has 3 nitrogen and oxygen atoms in total. The van der Waals surface area contributed by atoms with Crippen LogP contribution in [0.4, 0.5) is 4.39 Å².